The molecule has 1 aliphatic carbocycles. The lowest BCUT2D eigenvalue weighted by atomic mass is 9.97. The van der Waals surface area contributed by atoms with Crippen LogP contribution in [-0.2, 0) is 22.5 Å². The van der Waals surface area contributed by atoms with Gasteiger partial charge in [0.05, 0.1) is 30.7 Å². The second-order valence-electron chi connectivity index (χ2n) is 13.0. The Kier molecular flexibility index (Phi) is 8.63. The molecule has 1 atom stereocenters. The molecule has 1 saturated carbocycles. The first-order chi connectivity index (χ1) is 22.6. The number of anilines is 1. The van der Waals surface area contributed by atoms with Gasteiger partial charge in [0.25, 0.3) is 0 Å². The monoisotopic (exact) mass is 676 g/mol. The Labute approximate surface area is 279 Å². The van der Waals surface area contributed by atoms with E-state index in [9.17, 15) is 22.3 Å². The van der Waals surface area contributed by atoms with E-state index in [-0.39, 0.29) is 12.5 Å². The number of hydrogen-bond acceptors (Lipinski definition) is 7. The van der Waals surface area contributed by atoms with Gasteiger partial charge in [0.15, 0.2) is 0 Å². The van der Waals surface area contributed by atoms with Gasteiger partial charge in [-0.3, -0.25) is 8.89 Å². The molecule has 0 spiro atoms. The Hall–Kier alpha value is -4.62. The first kappa shape index (κ1) is 33.3. The van der Waals surface area contributed by atoms with Crippen LogP contribution in [0.5, 0.6) is 5.75 Å². The molecule has 6 rings (SSSR count). The fraction of sp³-hybridized carbons (Fsp3) is 0.343. The predicted octanol–water partition coefficient (Wildman–Crippen LogP) is 7.41. The van der Waals surface area contributed by atoms with E-state index in [1.54, 1.807) is 43.8 Å². The first-order valence-corrected chi connectivity index (χ1v) is 16.5. The fourth-order valence-electron chi connectivity index (χ4n) is 6.01. The molecule has 0 bridgehead atoms. The zero-order valence-corrected chi connectivity index (χ0v) is 28.6. The van der Waals surface area contributed by atoms with E-state index in [1.165, 1.54) is 30.9 Å². The third kappa shape index (κ3) is 6.44. The van der Waals surface area contributed by atoms with Crippen molar-refractivity contribution in [3.8, 4) is 28.0 Å². The minimum absolute atomic E-state index is 0.130. The first-order valence-electron chi connectivity index (χ1n) is 15.5. The second kappa shape index (κ2) is 12.4. The number of fused-ring (bicyclic) bond motifs is 1. The number of hydrogen-bond donors (Lipinski definition) is 0. The van der Waals surface area contributed by atoms with Crippen molar-refractivity contribution in [1.29, 1.82) is 0 Å². The lowest BCUT2D eigenvalue weighted by molar-refractivity contribution is 0.0543. The number of carbonyl (C=O) groups is 1. The average molecular weight is 677 g/mol. The number of benzene rings is 2. The normalized spacial score (nSPS) is 14.0. The van der Waals surface area contributed by atoms with E-state index >= 15 is 0 Å². The largest absolute Gasteiger partial charge is 0.755 e. The molecule has 3 heterocycles. The maximum atomic E-state index is 14.0. The molecule has 10 nitrogen and oxygen atoms in total. The van der Waals surface area contributed by atoms with Crippen molar-refractivity contribution in [1.82, 2.24) is 19.3 Å². The molecule has 0 saturated heterocycles. The van der Waals surface area contributed by atoms with Gasteiger partial charge in [0.1, 0.15) is 28.6 Å². The Morgan fingerprint density at radius 1 is 1.08 bits per heavy atom. The van der Waals surface area contributed by atoms with Gasteiger partial charge in [0.2, 0.25) is 0 Å². The summed E-state index contributed by atoms with van der Waals surface area (Å²) in [7, 11) is 2.92. The van der Waals surface area contributed by atoms with Gasteiger partial charge >= 0.3 is 6.09 Å². The summed E-state index contributed by atoms with van der Waals surface area (Å²) in [5.41, 5.74) is 5.51. The van der Waals surface area contributed by atoms with E-state index < -0.39 is 34.6 Å². The second-order valence-corrected chi connectivity index (χ2v) is 14.0. The zero-order chi connectivity index (χ0) is 34.7. The molecule has 48 heavy (non-hydrogen) atoms. The number of nitrogens with zero attached hydrogens (tertiary/aromatic N) is 5. The summed E-state index contributed by atoms with van der Waals surface area (Å²) in [6.07, 6.45) is 2.95. The maximum Gasteiger partial charge on any atom is 0.420 e. The van der Waals surface area contributed by atoms with Crippen molar-refractivity contribution in [2.45, 2.75) is 65.5 Å². The molecular formula is C35H36F2N5O5S-. The number of aryl methyl sites for hydroxylation is 1. The van der Waals surface area contributed by atoms with Crippen molar-refractivity contribution in [3.63, 3.8) is 0 Å². The van der Waals surface area contributed by atoms with Crippen LogP contribution in [0.1, 0.15) is 62.2 Å². The molecular weight excluding hydrogens is 640 g/mol. The molecule has 1 fully saturated rings. The SMILES string of the molecule is COc1ccc(-c2cc3c(-c4c(C)nn(Cc5cc(F)cc(F)c5)c4C)cn(C(=O)OC(C)(C)C)c3nc2C2CC2)cc1N(C)S(=O)[O-]. The van der Waals surface area contributed by atoms with Gasteiger partial charge in [-0.2, -0.15) is 5.10 Å². The fourth-order valence-corrected chi connectivity index (χ4v) is 6.31. The van der Waals surface area contributed by atoms with Crippen molar-refractivity contribution in [2.24, 2.45) is 0 Å². The number of ether oxygens (including phenoxy) is 2. The summed E-state index contributed by atoms with van der Waals surface area (Å²) in [6.45, 7) is 9.20. The third-order valence-electron chi connectivity index (χ3n) is 8.32. The molecule has 5 aromatic rings. The number of halogens is 2. The van der Waals surface area contributed by atoms with Gasteiger partial charge in [-0.05, 0) is 88.9 Å². The van der Waals surface area contributed by atoms with Crippen molar-refractivity contribution in [3.05, 3.63) is 82.9 Å². The molecule has 0 radical (unpaired) electrons. The Morgan fingerprint density at radius 3 is 2.38 bits per heavy atom. The van der Waals surface area contributed by atoms with E-state index in [0.29, 0.717) is 39.3 Å². The highest BCUT2D eigenvalue weighted by molar-refractivity contribution is 7.80. The minimum Gasteiger partial charge on any atom is -0.755 e. The van der Waals surface area contributed by atoms with Crippen molar-refractivity contribution in [2.75, 3.05) is 18.5 Å². The van der Waals surface area contributed by atoms with Crippen LogP contribution in [0.15, 0.2) is 48.7 Å². The highest BCUT2D eigenvalue weighted by atomic mass is 32.2. The maximum absolute atomic E-state index is 14.0. The van der Waals surface area contributed by atoms with E-state index in [2.05, 4.69) is 0 Å². The summed E-state index contributed by atoms with van der Waals surface area (Å²) in [6, 6.07) is 10.7. The van der Waals surface area contributed by atoms with Gasteiger partial charge < -0.3 is 18.3 Å². The predicted molar refractivity (Wildman–Crippen MR) is 179 cm³/mol. The molecule has 0 aliphatic heterocycles. The smallest absolute Gasteiger partial charge is 0.420 e. The lowest BCUT2D eigenvalue weighted by Gasteiger charge is -2.24. The molecule has 1 aliphatic rings. The number of pyridine rings is 1. The topological polar surface area (TPSA) is 115 Å². The van der Waals surface area contributed by atoms with Crippen molar-refractivity contribution < 1.29 is 31.8 Å². The van der Waals surface area contributed by atoms with Crippen LogP contribution in [0.2, 0.25) is 0 Å². The molecule has 1 unspecified atom stereocenters. The van der Waals surface area contributed by atoms with Crippen LogP contribution < -0.4 is 9.04 Å². The van der Waals surface area contributed by atoms with Crippen LogP contribution in [0.25, 0.3) is 33.3 Å². The summed E-state index contributed by atoms with van der Waals surface area (Å²) in [5, 5.41) is 5.37. The standard InChI is InChI=1S/C35H37F2N5O5S/c1-19-31(20(2)42(39-19)17-21-12-24(36)15-25(37)13-21)28-18-41(34(43)47-35(3,4)5)33-27(28)16-26(32(38-33)22-8-9-22)23-10-11-30(46-7)29(14-23)40(6)48(44)45/h10-16,18,22H,8-9,17H2,1-7H3,(H,44,45)/p-1. The molecule has 0 N–H and O–H groups in total. The molecule has 13 heteroatoms. The zero-order valence-electron chi connectivity index (χ0n) is 27.8. The number of aromatic nitrogens is 4. The highest BCUT2D eigenvalue weighted by Crippen LogP contribution is 2.47. The van der Waals surface area contributed by atoms with Crippen LogP contribution in [0.4, 0.5) is 19.3 Å². The van der Waals surface area contributed by atoms with Gasteiger partial charge in [0, 0.05) is 64.3 Å². The molecule has 2 aromatic carbocycles. The third-order valence-corrected chi connectivity index (χ3v) is 8.96. The average Bonchev–Trinajstić information content (AvgIpc) is 3.74. The van der Waals surface area contributed by atoms with Gasteiger partial charge in [-0.15, -0.1) is 0 Å². The van der Waals surface area contributed by atoms with Gasteiger partial charge in [-0.25, -0.2) is 23.1 Å². The summed E-state index contributed by atoms with van der Waals surface area (Å²) in [5.74, 6) is -0.802. The molecule has 0 amide bonds. The highest BCUT2D eigenvalue weighted by Gasteiger charge is 2.32. The van der Waals surface area contributed by atoms with Crippen LogP contribution in [0.3, 0.4) is 0 Å². The van der Waals surface area contributed by atoms with Gasteiger partial charge in [-0.1, -0.05) is 6.07 Å². The number of carbonyl (C=O) groups excluding carboxylic acids is 1. The molecule has 252 valence electrons. The summed E-state index contributed by atoms with van der Waals surface area (Å²) >= 11 is -2.54. The van der Waals surface area contributed by atoms with E-state index in [1.807, 2.05) is 26.0 Å². The Morgan fingerprint density at radius 2 is 1.77 bits per heavy atom. The van der Waals surface area contributed by atoms with Crippen molar-refractivity contribution >= 4 is 34.1 Å². The van der Waals surface area contributed by atoms with Crippen LogP contribution in [0, 0.1) is 25.5 Å². The molecule has 3 aromatic heterocycles. The van der Waals surface area contributed by atoms with Crippen LogP contribution in [-0.4, -0.2) is 53.9 Å². The lowest BCUT2D eigenvalue weighted by Crippen LogP contribution is -2.27. The van der Waals surface area contributed by atoms with E-state index in [0.717, 1.165) is 51.3 Å². The minimum atomic E-state index is -2.54. The quantitative estimate of drug-likeness (QED) is 0.157. The summed E-state index contributed by atoms with van der Waals surface area (Å²) < 4.78 is 67.3. The number of rotatable bonds is 8. The summed E-state index contributed by atoms with van der Waals surface area (Å²) in [4.78, 5) is 18.7. The Bertz CT molecular complexity index is 2080. The Balaban J connectivity index is 1.58. The van der Waals surface area contributed by atoms with E-state index in [4.69, 9.17) is 19.6 Å². The number of methoxy groups -OCH3 is 1. The van der Waals surface area contributed by atoms with Crippen LogP contribution >= 0.6 is 0 Å².